The van der Waals surface area contributed by atoms with E-state index in [2.05, 4.69) is 10.2 Å². The van der Waals surface area contributed by atoms with E-state index in [0.717, 1.165) is 17.1 Å². The smallest absolute Gasteiger partial charge is 0.196 e. The minimum Gasteiger partial charge on any atom is -0.494 e. The van der Waals surface area contributed by atoms with Gasteiger partial charge < -0.3 is 4.74 Å². The summed E-state index contributed by atoms with van der Waals surface area (Å²) in [6.07, 6.45) is 0. The Labute approximate surface area is 167 Å². The molecular formula is C20H22F2N4OS. The SMILES string of the molecule is COc1ccc(CSc2nnc([C@@H](C)N(C)C)n2-c2ccc(F)cc2)cc1F. The molecule has 0 bridgehead atoms. The second kappa shape index (κ2) is 8.70. The van der Waals surface area contributed by atoms with Gasteiger partial charge in [0.15, 0.2) is 22.5 Å². The van der Waals surface area contributed by atoms with Crippen LogP contribution in [0.15, 0.2) is 47.6 Å². The van der Waals surface area contributed by atoms with Gasteiger partial charge in [0, 0.05) is 11.4 Å². The number of hydrogen-bond acceptors (Lipinski definition) is 5. The number of nitrogens with zero attached hydrogens (tertiary/aromatic N) is 4. The van der Waals surface area contributed by atoms with Gasteiger partial charge in [0.25, 0.3) is 0 Å². The molecule has 2 aromatic carbocycles. The molecule has 8 heteroatoms. The van der Waals surface area contributed by atoms with E-state index in [1.807, 2.05) is 36.6 Å². The Hall–Kier alpha value is -2.45. The molecule has 5 nitrogen and oxygen atoms in total. The Bertz CT molecular complexity index is 944. The summed E-state index contributed by atoms with van der Waals surface area (Å²) in [7, 11) is 5.36. The Morgan fingerprint density at radius 3 is 2.43 bits per heavy atom. The van der Waals surface area contributed by atoms with Crippen LogP contribution in [0.3, 0.4) is 0 Å². The van der Waals surface area contributed by atoms with Gasteiger partial charge in [-0.1, -0.05) is 17.8 Å². The van der Waals surface area contributed by atoms with Crippen LogP contribution < -0.4 is 4.74 Å². The van der Waals surface area contributed by atoms with E-state index in [0.29, 0.717) is 10.9 Å². The number of hydrogen-bond donors (Lipinski definition) is 0. The summed E-state index contributed by atoms with van der Waals surface area (Å²) in [4.78, 5) is 2.03. The van der Waals surface area contributed by atoms with E-state index in [4.69, 9.17) is 4.74 Å². The third kappa shape index (κ3) is 4.34. The molecule has 28 heavy (non-hydrogen) atoms. The largest absolute Gasteiger partial charge is 0.494 e. The summed E-state index contributed by atoms with van der Waals surface area (Å²) < 4.78 is 34.2. The summed E-state index contributed by atoms with van der Waals surface area (Å²) in [6, 6.07) is 11.1. The second-order valence-electron chi connectivity index (χ2n) is 6.55. The number of aromatic nitrogens is 3. The molecule has 148 valence electrons. The molecule has 1 aromatic heterocycles. The van der Waals surface area contributed by atoms with Gasteiger partial charge >= 0.3 is 0 Å². The molecule has 0 fully saturated rings. The lowest BCUT2D eigenvalue weighted by Gasteiger charge is -2.20. The van der Waals surface area contributed by atoms with Crippen LogP contribution in [0.25, 0.3) is 5.69 Å². The lowest BCUT2D eigenvalue weighted by Crippen LogP contribution is -2.20. The first kappa shape index (κ1) is 20.3. The molecule has 3 aromatic rings. The van der Waals surface area contributed by atoms with Gasteiger partial charge in [0.05, 0.1) is 13.2 Å². The molecule has 3 rings (SSSR count). The highest BCUT2D eigenvalue weighted by Gasteiger charge is 2.21. The fraction of sp³-hybridized carbons (Fsp3) is 0.300. The highest BCUT2D eigenvalue weighted by molar-refractivity contribution is 7.98. The third-order valence-corrected chi connectivity index (χ3v) is 5.48. The molecule has 1 atom stereocenters. The summed E-state index contributed by atoms with van der Waals surface area (Å²) in [5.41, 5.74) is 1.58. The minimum atomic E-state index is -0.400. The Balaban J connectivity index is 1.92. The molecule has 0 amide bonds. The topological polar surface area (TPSA) is 43.2 Å². The maximum absolute atomic E-state index is 13.9. The van der Waals surface area contributed by atoms with Crippen LogP contribution in [0.2, 0.25) is 0 Å². The second-order valence-corrected chi connectivity index (χ2v) is 7.49. The quantitative estimate of drug-likeness (QED) is 0.544. The first-order valence-corrected chi connectivity index (χ1v) is 9.72. The van der Waals surface area contributed by atoms with E-state index in [1.54, 1.807) is 18.2 Å². The molecule has 0 radical (unpaired) electrons. The average molecular weight is 404 g/mol. The van der Waals surface area contributed by atoms with Crippen LogP contribution in [0, 0.1) is 11.6 Å². The van der Waals surface area contributed by atoms with Gasteiger partial charge in [-0.3, -0.25) is 9.47 Å². The summed E-state index contributed by atoms with van der Waals surface area (Å²) >= 11 is 1.44. The number of ether oxygens (including phenoxy) is 1. The van der Waals surface area contributed by atoms with Crippen molar-refractivity contribution in [3.63, 3.8) is 0 Å². The van der Waals surface area contributed by atoms with Crippen molar-refractivity contribution in [3.05, 3.63) is 65.5 Å². The summed E-state index contributed by atoms with van der Waals surface area (Å²) in [5, 5.41) is 9.34. The first-order valence-electron chi connectivity index (χ1n) is 8.73. The maximum atomic E-state index is 13.9. The highest BCUT2D eigenvalue weighted by atomic mass is 32.2. The van der Waals surface area contributed by atoms with Gasteiger partial charge in [-0.25, -0.2) is 8.78 Å². The molecule has 0 unspecified atom stereocenters. The predicted molar refractivity (Wildman–Crippen MR) is 106 cm³/mol. The maximum Gasteiger partial charge on any atom is 0.196 e. The Morgan fingerprint density at radius 2 is 1.82 bits per heavy atom. The van der Waals surface area contributed by atoms with E-state index in [1.165, 1.54) is 37.1 Å². The van der Waals surface area contributed by atoms with Crippen LogP contribution in [0.5, 0.6) is 5.75 Å². The van der Waals surface area contributed by atoms with Crippen LogP contribution in [-0.4, -0.2) is 40.9 Å². The van der Waals surface area contributed by atoms with E-state index in [-0.39, 0.29) is 17.6 Å². The van der Waals surface area contributed by atoms with E-state index in [9.17, 15) is 8.78 Å². The number of benzene rings is 2. The van der Waals surface area contributed by atoms with Crippen molar-refractivity contribution in [2.75, 3.05) is 21.2 Å². The van der Waals surface area contributed by atoms with Crippen molar-refractivity contribution >= 4 is 11.8 Å². The van der Waals surface area contributed by atoms with Gasteiger partial charge in [-0.15, -0.1) is 10.2 Å². The standard InChI is InChI=1S/C20H22F2N4OS/c1-13(25(2)3)19-23-24-20(26(19)16-8-6-15(21)7-9-16)28-12-14-5-10-18(27-4)17(22)11-14/h5-11,13H,12H2,1-4H3/t13-/m1/s1. The Morgan fingerprint density at radius 1 is 1.11 bits per heavy atom. The van der Waals surface area contributed by atoms with E-state index < -0.39 is 5.82 Å². The van der Waals surface area contributed by atoms with Crippen LogP contribution >= 0.6 is 11.8 Å². The zero-order valence-electron chi connectivity index (χ0n) is 16.2. The van der Waals surface area contributed by atoms with E-state index >= 15 is 0 Å². The number of thioether (sulfide) groups is 1. The fourth-order valence-electron chi connectivity index (χ4n) is 2.66. The van der Waals surface area contributed by atoms with Crippen LogP contribution in [-0.2, 0) is 5.75 Å². The minimum absolute atomic E-state index is 0.00494. The van der Waals surface area contributed by atoms with Crippen molar-refractivity contribution < 1.29 is 13.5 Å². The molecule has 0 N–H and O–H groups in total. The van der Waals surface area contributed by atoms with Crippen LogP contribution in [0.1, 0.15) is 24.4 Å². The normalized spacial score (nSPS) is 12.4. The zero-order valence-corrected chi connectivity index (χ0v) is 17.0. The van der Waals surface area contributed by atoms with Crippen molar-refractivity contribution in [3.8, 4) is 11.4 Å². The molecule has 0 aliphatic carbocycles. The fourth-order valence-corrected chi connectivity index (χ4v) is 3.56. The molecule has 0 aliphatic heterocycles. The number of methoxy groups -OCH3 is 1. The predicted octanol–water partition coefficient (Wildman–Crippen LogP) is 4.47. The Kier molecular flexibility index (Phi) is 6.31. The number of rotatable bonds is 7. The summed E-state index contributed by atoms with van der Waals surface area (Å²) in [6.45, 7) is 2.03. The first-order chi connectivity index (χ1) is 13.4. The highest BCUT2D eigenvalue weighted by Crippen LogP contribution is 2.29. The lowest BCUT2D eigenvalue weighted by molar-refractivity contribution is 0.305. The molecule has 1 heterocycles. The molecular weight excluding hydrogens is 382 g/mol. The monoisotopic (exact) mass is 404 g/mol. The third-order valence-electron chi connectivity index (χ3n) is 4.48. The van der Waals surface area contributed by atoms with Crippen molar-refractivity contribution in [2.24, 2.45) is 0 Å². The van der Waals surface area contributed by atoms with Gasteiger partial charge in [-0.05, 0) is 63.0 Å². The molecule has 0 saturated heterocycles. The molecule has 0 saturated carbocycles. The van der Waals surface area contributed by atoms with Gasteiger partial charge in [-0.2, -0.15) is 0 Å². The van der Waals surface area contributed by atoms with Crippen molar-refractivity contribution in [2.45, 2.75) is 23.9 Å². The summed E-state index contributed by atoms with van der Waals surface area (Å²) in [5.74, 6) is 0.770. The van der Waals surface area contributed by atoms with Crippen molar-refractivity contribution in [1.29, 1.82) is 0 Å². The molecule has 0 aliphatic rings. The zero-order chi connectivity index (χ0) is 20.3. The van der Waals surface area contributed by atoms with Crippen LogP contribution in [0.4, 0.5) is 8.78 Å². The average Bonchev–Trinajstić information content (AvgIpc) is 3.10. The van der Waals surface area contributed by atoms with Gasteiger partial charge in [0.1, 0.15) is 5.82 Å². The van der Waals surface area contributed by atoms with Crippen molar-refractivity contribution in [1.82, 2.24) is 19.7 Å². The molecule has 0 spiro atoms. The lowest BCUT2D eigenvalue weighted by atomic mass is 10.2. The van der Waals surface area contributed by atoms with Gasteiger partial charge in [0.2, 0.25) is 0 Å². The number of halogens is 2.